The molecular weight excluding hydrogens is 206 g/mol. The van der Waals surface area contributed by atoms with Gasteiger partial charge in [0.2, 0.25) is 5.91 Å². The van der Waals surface area contributed by atoms with E-state index in [1.165, 1.54) is 4.90 Å². The van der Waals surface area contributed by atoms with Crippen LogP contribution in [0.4, 0.5) is 5.69 Å². The van der Waals surface area contributed by atoms with Crippen LogP contribution in [0.15, 0.2) is 30.3 Å². The van der Waals surface area contributed by atoms with Gasteiger partial charge in [0.05, 0.1) is 0 Å². The lowest BCUT2D eigenvalue weighted by Gasteiger charge is -2.22. The van der Waals surface area contributed by atoms with Crippen LogP contribution in [0.2, 0.25) is 0 Å². The minimum Gasteiger partial charge on any atom is -0.480 e. The lowest BCUT2D eigenvalue weighted by atomic mass is 10.1. The fourth-order valence-electron chi connectivity index (χ4n) is 1.35. The van der Waals surface area contributed by atoms with Crippen molar-refractivity contribution in [3.8, 4) is 0 Å². The third kappa shape index (κ3) is 3.08. The first-order valence-electron chi connectivity index (χ1n) is 5.10. The second-order valence-electron chi connectivity index (χ2n) is 3.81. The van der Waals surface area contributed by atoms with Crippen molar-refractivity contribution in [2.24, 2.45) is 5.92 Å². The van der Waals surface area contributed by atoms with Gasteiger partial charge in [-0.05, 0) is 12.1 Å². The summed E-state index contributed by atoms with van der Waals surface area (Å²) in [6, 6.07) is 8.82. The fourth-order valence-corrected chi connectivity index (χ4v) is 1.35. The Morgan fingerprint density at radius 2 is 1.81 bits per heavy atom. The summed E-state index contributed by atoms with van der Waals surface area (Å²) in [4.78, 5) is 23.8. The molecule has 1 amide bonds. The molecule has 1 aromatic rings. The van der Waals surface area contributed by atoms with Gasteiger partial charge in [0.15, 0.2) is 0 Å². The van der Waals surface area contributed by atoms with Crippen molar-refractivity contribution >= 4 is 17.6 Å². The predicted octanol–water partition coefficient (Wildman–Crippen LogP) is 1.76. The number of rotatable bonds is 4. The second-order valence-corrected chi connectivity index (χ2v) is 3.81. The standard InChI is InChI=1S/C12H15NO3/c1-9(2)12(16)13(8-11(14)15)10-6-4-3-5-7-10/h3-7,9H,8H2,1-2H3,(H,14,15). The first-order valence-corrected chi connectivity index (χ1v) is 5.10. The number of aliphatic carboxylic acids is 1. The van der Waals surface area contributed by atoms with Crippen molar-refractivity contribution in [1.29, 1.82) is 0 Å². The summed E-state index contributed by atoms with van der Waals surface area (Å²) in [5.41, 5.74) is 0.614. The summed E-state index contributed by atoms with van der Waals surface area (Å²) >= 11 is 0. The molecule has 0 aliphatic carbocycles. The van der Waals surface area contributed by atoms with Crippen LogP contribution >= 0.6 is 0 Å². The van der Waals surface area contributed by atoms with Gasteiger partial charge < -0.3 is 10.0 Å². The highest BCUT2D eigenvalue weighted by Crippen LogP contribution is 2.15. The molecule has 4 heteroatoms. The number of carboxylic acids is 1. The molecule has 1 rings (SSSR count). The Morgan fingerprint density at radius 1 is 1.25 bits per heavy atom. The van der Waals surface area contributed by atoms with Gasteiger partial charge in [0.25, 0.3) is 0 Å². The Kier molecular flexibility index (Phi) is 4.05. The quantitative estimate of drug-likeness (QED) is 0.842. The van der Waals surface area contributed by atoms with Crippen LogP contribution in [0.5, 0.6) is 0 Å². The summed E-state index contributed by atoms with van der Waals surface area (Å²) in [5.74, 6) is -1.42. The Balaban J connectivity index is 2.96. The van der Waals surface area contributed by atoms with E-state index >= 15 is 0 Å². The van der Waals surface area contributed by atoms with E-state index in [9.17, 15) is 9.59 Å². The molecule has 0 unspecified atom stereocenters. The lowest BCUT2D eigenvalue weighted by Crippen LogP contribution is -2.38. The third-order valence-electron chi connectivity index (χ3n) is 2.12. The maximum absolute atomic E-state index is 11.8. The van der Waals surface area contributed by atoms with E-state index in [0.717, 1.165) is 0 Å². The van der Waals surface area contributed by atoms with Crippen molar-refractivity contribution in [3.05, 3.63) is 30.3 Å². The number of para-hydroxylation sites is 1. The zero-order valence-corrected chi connectivity index (χ0v) is 9.38. The van der Waals surface area contributed by atoms with Crippen LogP contribution in [0.3, 0.4) is 0 Å². The van der Waals surface area contributed by atoms with Crippen molar-refractivity contribution in [2.45, 2.75) is 13.8 Å². The van der Waals surface area contributed by atoms with Gasteiger partial charge in [0.1, 0.15) is 6.54 Å². The third-order valence-corrected chi connectivity index (χ3v) is 2.12. The molecule has 0 bridgehead atoms. The Hall–Kier alpha value is -1.84. The van der Waals surface area contributed by atoms with Crippen LogP contribution in [0.25, 0.3) is 0 Å². The molecule has 1 aromatic carbocycles. The maximum Gasteiger partial charge on any atom is 0.323 e. The number of nitrogens with zero attached hydrogens (tertiary/aromatic N) is 1. The number of benzene rings is 1. The molecule has 1 N–H and O–H groups in total. The number of carbonyl (C=O) groups is 2. The largest absolute Gasteiger partial charge is 0.480 e. The molecule has 0 saturated heterocycles. The normalized spacial score (nSPS) is 10.2. The summed E-state index contributed by atoms with van der Waals surface area (Å²) in [6.45, 7) is 3.20. The van der Waals surface area contributed by atoms with E-state index in [-0.39, 0.29) is 18.4 Å². The van der Waals surface area contributed by atoms with Gasteiger partial charge in [-0.25, -0.2) is 0 Å². The van der Waals surface area contributed by atoms with E-state index in [2.05, 4.69) is 0 Å². The van der Waals surface area contributed by atoms with Gasteiger partial charge in [-0.3, -0.25) is 9.59 Å². The van der Waals surface area contributed by atoms with Gasteiger partial charge in [-0.15, -0.1) is 0 Å². The number of carbonyl (C=O) groups excluding carboxylic acids is 1. The Morgan fingerprint density at radius 3 is 2.25 bits per heavy atom. The molecule has 0 heterocycles. The van der Waals surface area contributed by atoms with Gasteiger partial charge in [0, 0.05) is 11.6 Å². The summed E-state index contributed by atoms with van der Waals surface area (Å²) in [6.07, 6.45) is 0. The predicted molar refractivity (Wildman–Crippen MR) is 61.3 cm³/mol. The molecule has 0 saturated carbocycles. The summed E-state index contributed by atoms with van der Waals surface area (Å²) in [5, 5.41) is 8.78. The average molecular weight is 221 g/mol. The smallest absolute Gasteiger partial charge is 0.323 e. The Bertz CT molecular complexity index is 373. The minimum atomic E-state index is -1.02. The van der Waals surface area contributed by atoms with E-state index in [0.29, 0.717) is 5.69 Å². The SMILES string of the molecule is CC(C)C(=O)N(CC(=O)O)c1ccccc1. The van der Waals surface area contributed by atoms with E-state index < -0.39 is 5.97 Å². The first kappa shape index (κ1) is 12.2. The molecule has 0 fully saturated rings. The van der Waals surface area contributed by atoms with E-state index in [4.69, 9.17) is 5.11 Å². The first-order chi connectivity index (χ1) is 7.52. The number of hydrogen-bond donors (Lipinski definition) is 1. The molecule has 0 aliphatic rings. The van der Waals surface area contributed by atoms with E-state index in [1.54, 1.807) is 38.1 Å². The van der Waals surface area contributed by atoms with Crippen LogP contribution in [-0.4, -0.2) is 23.5 Å². The average Bonchev–Trinajstić information content (AvgIpc) is 2.26. The van der Waals surface area contributed by atoms with Crippen LogP contribution in [0, 0.1) is 5.92 Å². The monoisotopic (exact) mass is 221 g/mol. The molecule has 0 atom stereocenters. The number of hydrogen-bond acceptors (Lipinski definition) is 2. The van der Waals surface area contributed by atoms with Crippen molar-refractivity contribution in [1.82, 2.24) is 0 Å². The topological polar surface area (TPSA) is 57.6 Å². The summed E-state index contributed by atoms with van der Waals surface area (Å²) < 4.78 is 0. The highest BCUT2D eigenvalue weighted by molar-refractivity contribution is 5.98. The molecule has 16 heavy (non-hydrogen) atoms. The van der Waals surface area contributed by atoms with Crippen LogP contribution < -0.4 is 4.90 Å². The molecule has 86 valence electrons. The lowest BCUT2D eigenvalue weighted by molar-refractivity contribution is -0.137. The zero-order valence-electron chi connectivity index (χ0n) is 9.38. The molecule has 4 nitrogen and oxygen atoms in total. The van der Waals surface area contributed by atoms with Crippen molar-refractivity contribution in [2.75, 3.05) is 11.4 Å². The summed E-state index contributed by atoms with van der Waals surface area (Å²) in [7, 11) is 0. The Labute approximate surface area is 94.5 Å². The van der Waals surface area contributed by atoms with Crippen LogP contribution in [-0.2, 0) is 9.59 Å². The van der Waals surface area contributed by atoms with Gasteiger partial charge in [-0.2, -0.15) is 0 Å². The number of anilines is 1. The van der Waals surface area contributed by atoms with Crippen molar-refractivity contribution in [3.63, 3.8) is 0 Å². The fraction of sp³-hybridized carbons (Fsp3) is 0.333. The van der Waals surface area contributed by atoms with Gasteiger partial charge >= 0.3 is 5.97 Å². The van der Waals surface area contributed by atoms with E-state index in [1.807, 2.05) is 6.07 Å². The van der Waals surface area contributed by atoms with Gasteiger partial charge in [-0.1, -0.05) is 32.0 Å². The molecule has 0 aromatic heterocycles. The number of carboxylic acid groups (broad SMARTS) is 1. The highest BCUT2D eigenvalue weighted by Gasteiger charge is 2.20. The zero-order chi connectivity index (χ0) is 12.1. The molecule has 0 radical (unpaired) electrons. The molecule has 0 spiro atoms. The van der Waals surface area contributed by atoms with Crippen molar-refractivity contribution < 1.29 is 14.7 Å². The number of amides is 1. The molecule has 0 aliphatic heterocycles. The maximum atomic E-state index is 11.8. The highest BCUT2D eigenvalue weighted by atomic mass is 16.4. The second kappa shape index (κ2) is 5.30. The van der Waals surface area contributed by atoms with Crippen LogP contribution in [0.1, 0.15) is 13.8 Å². The minimum absolute atomic E-state index is 0.186. The molecular formula is C12H15NO3.